The Labute approximate surface area is 150 Å². The minimum atomic E-state index is -0.501. The molecule has 0 aliphatic carbocycles. The minimum Gasteiger partial charge on any atom is -0.434 e. The van der Waals surface area contributed by atoms with Crippen molar-refractivity contribution in [2.75, 3.05) is 13.2 Å². The summed E-state index contributed by atoms with van der Waals surface area (Å²) >= 11 is 0. The van der Waals surface area contributed by atoms with Crippen LogP contribution in [0.15, 0.2) is 0 Å². The maximum Gasteiger partial charge on any atom is 0.508 e. The Balaban J connectivity index is 3.52. The van der Waals surface area contributed by atoms with E-state index < -0.39 is 6.16 Å². The van der Waals surface area contributed by atoms with Crippen molar-refractivity contribution in [2.45, 2.75) is 92.9 Å². The third kappa shape index (κ3) is 16.1. The molecule has 2 atom stereocenters. The van der Waals surface area contributed by atoms with Crippen LogP contribution >= 0.6 is 0 Å². The molecule has 0 rings (SSSR count). The highest BCUT2D eigenvalue weighted by Gasteiger charge is 2.09. The van der Waals surface area contributed by atoms with Gasteiger partial charge in [-0.1, -0.05) is 80.1 Å². The second-order valence-corrected chi connectivity index (χ2v) is 8.38. The van der Waals surface area contributed by atoms with Crippen LogP contribution in [0, 0.1) is 23.7 Å². The minimum absolute atomic E-state index is 0.478. The van der Waals surface area contributed by atoms with E-state index in [1.54, 1.807) is 0 Å². The van der Waals surface area contributed by atoms with Crippen LogP contribution in [0.25, 0.3) is 0 Å². The Morgan fingerprint density at radius 2 is 1.00 bits per heavy atom. The van der Waals surface area contributed by atoms with Gasteiger partial charge in [-0.05, 0) is 36.5 Å². The fourth-order valence-corrected chi connectivity index (χ4v) is 2.77. The van der Waals surface area contributed by atoms with E-state index in [-0.39, 0.29) is 0 Å². The normalized spacial score (nSPS) is 14.0. The molecule has 0 saturated carbocycles. The third-order valence-electron chi connectivity index (χ3n) is 4.62. The highest BCUT2D eigenvalue weighted by Crippen LogP contribution is 2.16. The lowest BCUT2D eigenvalue weighted by atomic mass is 9.98. The van der Waals surface area contributed by atoms with Gasteiger partial charge < -0.3 is 9.47 Å². The van der Waals surface area contributed by atoms with Gasteiger partial charge in [0.25, 0.3) is 0 Å². The molecule has 0 amide bonds. The zero-order chi connectivity index (χ0) is 18.4. The van der Waals surface area contributed by atoms with Crippen LogP contribution in [-0.4, -0.2) is 19.4 Å². The van der Waals surface area contributed by atoms with Crippen molar-refractivity contribution in [1.82, 2.24) is 0 Å². The van der Waals surface area contributed by atoms with E-state index in [1.807, 2.05) is 0 Å². The number of carbonyl (C=O) groups is 1. The summed E-state index contributed by atoms with van der Waals surface area (Å²) in [6.07, 6.45) is 8.87. The lowest BCUT2D eigenvalue weighted by Gasteiger charge is -2.14. The Morgan fingerprint density at radius 3 is 1.33 bits per heavy atom. The number of ether oxygens (including phenoxy) is 2. The molecule has 0 aromatic heterocycles. The molecule has 144 valence electrons. The van der Waals surface area contributed by atoms with Gasteiger partial charge in [0.2, 0.25) is 0 Å². The first-order valence-corrected chi connectivity index (χ1v) is 10.1. The van der Waals surface area contributed by atoms with Gasteiger partial charge >= 0.3 is 6.16 Å². The molecule has 24 heavy (non-hydrogen) atoms. The molecule has 0 N–H and O–H groups in total. The highest BCUT2D eigenvalue weighted by molar-refractivity contribution is 5.59. The molecule has 0 radical (unpaired) electrons. The SMILES string of the molecule is CC(C)CCCC(C)CCOC(=O)OCCC(C)CCCC(C)C. The molecule has 3 nitrogen and oxygen atoms in total. The van der Waals surface area contributed by atoms with Crippen LogP contribution in [0.1, 0.15) is 92.9 Å². The summed E-state index contributed by atoms with van der Waals surface area (Å²) in [5.41, 5.74) is 0. The van der Waals surface area contributed by atoms with E-state index in [0.717, 1.165) is 24.7 Å². The summed E-state index contributed by atoms with van der Waals surface area (Å²) in [5, 5.41) is 0. The molecule has 0 aliphatic heterocycles. The van der Waals surface area contributed by atoms with Gasteiger partial charge in [0.05, 0.1) is 13.2 Å². The predicted octanol–water partition coefficient (Wildman–Crippen LogP) is 6.84. The number of hydrogen-bond acceptors (Lipinski definition) is 3. The average molecular weight is 343 g/mol. The fraction of sp³-hybridized carbons (Fsp3) is 0.952. The van der Waals surface area contributed by atoms with Crippen LogP contribution in [0.3, 0.4) is 0 Å². The molecular formula is C21H42O3. The van der Waals surface area contributed by atoms with Crippen LogP contribution in [0.2, 0.25) is 0 Å². The standard InChI is InChI=1S/C21H42O3/c1-17(2)9-7-11-19(5)13-15-23-21(22)24-16-14-20(6)12-8-10-18(3)4/h17-20H,7-16H2,1-6H3. The Bertz CT molecular complexity index is 271. The van der Waals surface area contributed by atoms with Gasteiger partial charge in [-0.15, -0.1) is 0 Å². The maximum atomic E-state index is 11.6. The summed E-state index contributed by atoms with van der Waals surface area (Å²) in [6.45, 7) is 14.5. The fourth-order valence-electron chi connectivity index (χ4n) is 2.77. The van der Waals surface area contributed by atoms with E-state index in [0.29, 0.717) is 25.0 Å². The average Bonchev–Trinajstić information content (AvgIpc) is 2.46. The second kappa shape index (κ2) is 14.6. The number of rotatable bonds is 14. The van der Waals surface area contributed by atoms with Crippen molar-refractivity contribution >= 4 is 6.16 Å². The molecule has 0 fully saturated rings. The Morgan fingerprint density at radius 1 is 0.625 bits per heavy atom. The van der Waals surface area contributed by atoms with Crippen LogP contribution in [-0.2, 0) is 9.47 Å². The largest absolute Gasteiger partial charge is 0.508 e. The van der Waals surface area contributed by atoms with Gasteiger partial charge in [0, 0.05) is 0 Å². The van der Waals surface area contributed by atoms with E-state index in [1.165, 1.54) is 38.5 Å². The van der Waals surface area contributed by atoms with E-state index in [2.05, 4.69) is 41.5 Å². The molecule has 2 unspecified atom stereocenters. The van der Waals surface area contributed by atoms with Gasteiger partial charge in [-0.3, -0.25) is 0 Å². The lowest BCUT2D eigenvalue weighted by Crippen LogP contribution is -2.12. The summed E-state index contributed by atoms with van der Waals surface area (Å²) < 4.78 is 10.3. The van der Waals surface area contributed by atoms with Crippen LogP contribution in [0.5, 0.6) is 0 Å². The Kier molecular flexibility index (Phi) is 14.2. The number of hydrogen-bond donors (Lipinski definition) is 0. The summed E-state index contributed by atoms with van der Waals surface area (Å²) in [4.78, 5) is 11.6. The highest BCUT2D eigenvalue weighted by atomic mass is 16.7. The summed E-state index contributed by atoms with van der Waals surface area (Å²) in [5.74, 6) is 2.77. The smallest absolute Gasteiger partial charge is 0.434 e. The molecule has 0 aliphatic rings. The van der Waals surface area contributed by atoms with Crippen LogP contribution in [0.4, 0.5) is 4.79 Å². The maximum absolute atomic E-state index is 11.6. The van der Waals surface area contributed by atoms with Gasteiger partial charge in [0.15, 0.2) is 0 Å². The molecule has 0 spiro atoms. The van der Waals surface area contributed by atoms with Gasteiger partial charge in [0.1, 0.15) is 0 Å². The lowest BCUT2D eigenvalue weighted by molar-refractivity contribution is 0.0481. The molecule has 0 saturated heterocycles. The van der Waals surface area contributed by atoms with Crippen molar-refractivity contribution in [1.29, 1.82) is 0 Å². The molecular weight excluding hydrogens is 300 g/mol. The molecule has 0 aromatic carbocycles. The first kappa shape index (κ1) is 23.3. The predicted molar refractivity (Wildman–Crippen MR) is 102 cm³/mol. The first-order valence-electron chi connectivity index (χ1n) is 10.1. The van der Waals surface area contributed by atoms with E-state index in [9.17, 15) is 4.79 Å². The zero-order valence-corrected chi connectivity index (χ0v) is 17.1. The first-order chi connectivity index (χ1) is 11.3. The molecule has 0 heterocycles. The van der Waals surface area contributed by atoms with Crippen molar-refractivity contribution in [2.24, 2.45) is 23.7 Å². The topological polar surface area (TPSA) is 35.5 Å². The summed E-state index contributed by atoms with van der Waals surface area (Å²) in [7, 11) is 0. The van der Waals surface area contributed by atoms with Gasteiger partial charge in [-0.25, -0.2) is 4.79 Å². The molecule has 3 heteroatoms. The van der Waals surface area contributed by atoms with Crippen molar-refractivity contribution in [3.8, 4) is 0 Å². The quantitative estimate of drug-likeness (QED) is 0.324. The molecule has 0 bridgehead atoms. The van der Waals surface area contributed by atoms with E-state index >= 15 is 0 Å². The second-order valence-electron chi connectivity index (χ2n) is 8.38. The summed E-state index contributed by atoms with van der Waals surface area (Å²) in [6, 6.07) is 0. The Hall–Kier alpha value is -0.730. The van der Waals surface area contributed by atoms with Crippen molar-refractivity contribution in [3.63, 3.8) is 0 Å². The number of carbonyl (C=O) groups excluding carboxylic acids is 1. The monoisotopic (exact) mass is 342 g/mol. The van der Waals surface area contributed by atoms with Crippen LogP contribution < -0.4 is 0 Å². The molecule has 0 aromatic rings. The third-order valence-corrected chi connectivity index (χ3v) is 4.62. The van der Waals surface area contributed by atoms with Crippen molar-refractivity contribution in [3.05, 3.63) is 0 Å². The van der Waals surface area contributed by atoms with Gasteiger partial charge in [-0.2, -0.15) is 0 Å². The van der Waals surface area contributed by atoms with E-state index in [4.69, 9.17) is 9.47 Å². The van der Waals surface area contributed by atoms with Crippen molar-refractivity contribution < 1.29 is 14.3 Å². The zero-order valence-electron chi connectivity index (χ0n) is 17.1.